The van der Waals surface area contributed by atoms with E-state index in [1.165, 1.54) is 0 Å². The van der Waals surface area contributed by atoms with Gasteiger partial charge in [0.2, 0.25) is 0 Å². The molecule has 0 atom stereocenters. The molecule has 0 heterocycles. The molecule has 0 saturated carbocycles. The fraction of sp³-hybridized carbons (Fsp3) is 0.538. The Morgan fingerprint density at radius 3 is 2.65 bits per heavy atom. The third kappa shape index (κ3) is 4.48. The van der Waals surface area contributed by atoms with Gasteiger partial charge in [-0.15, -0.1) is 0 Å². The van der Waals surface area contributed by atoms with Crippen molar-refractivity contribution in [1.29, 1.82) is 0 Å². The van der Waals surface area contributed by atoms with Gasteiger partial charge in [0.1, 0.15) is 11.5 Å². The zero-order chi connectivity index (χ0) is 12.9. The first-order chi connectivity index (χ1) is 7.98. The van der Waals surface area contributed by atoms with Gasteiger partial charge >= 0.3 is 0 Å². The molecule has 1 rings (SSSR count). The number of phenols is 1. The van der Waals surface area contributed by atoms with Gasteiger partial charge in [-0.1, -0.05) is 6.07 Å². The van der Waals surface area contributed by atoms with E-state index in [0.717, 1.165) is 12.1 Å². The van der Waals surface area contributed by atoms with Crippen molar-refractivity contribution in [1.82, 2.24) is 5.32 Å². The SMILES string of the molecule is COc1ccc(CNCC(C)(C)SC)c(O)c1. The predicted octanol–water partition coefficient (Wildman–Crippen LogP) is 2.63. The molecule has 0 aliphatic heterocycles. The van der Waals surface area contributed by atoms with Gasteiger partial charge in [-0.3, -0.25) is 0 Å². The number of phenolic OH excluding ortho intramolecular Hbond substituents is 1. The summed E-state index contributed by atoms with van der Waals surface area (Å²) in [4.78, 5) is 0. The van der Waals surface area contributed by atoms with E-state index in [1.54, 1.807) is 13.2 Å². The number of rotatable bonds is 6. The van der Waals surface area contributed by atoms with Crippen LogP contribution in [0.3, 0.4) is 0 Å². The van der Waals surface area contributed by atoms with E-state index in [-0.39, 0.29) is 10.5 Å². The van der Waals surface area contributed by atoms with Crippen LogP contribution in [0.5, 0.6) is 11.5 Å². The molecule has 0 aromatic heterocycles. The van der Waals surface area contributed by atoms with Crippen molar-refractivity contribution in [2.75, 3.05) is 19.9 Å². The highest BCUT2D eigenvalue weighted by molar-refractivity contribution is 7.99. The third-order valence-electron chi connectivity index (χ3n) is 2.71. The number of methoxy groups -OCH3 is 1. The summed E-state index contributed by atoms with van der Waals surface area (Å²) in [6, 6.07) is 5.38. The largest absolute Gasteiger partial charge is 0.507 e. The lowest BCUT2D eigenvalue weighted by atomic mass is 10.1. The molecule has 0 bridgehead atoms. The van der Waals surface area contributed by atoms with Crippen LogP contribution in [0, 0.1) is 0 Å². The summed E-state index contributed by atoms with van der Waals surface area (Å²) in [6.07, 6.45) is 2.10. The topological polar surface area (TPSA) is 41.5 Å². The molecule has 0 spiro atoms. The van der Waals surface area contributed by atoms with Gasteiger partial charge < -0.3 is 15.2 Å². The Kier molecular flexibility index (Phi) is 5.15. The molecule has 0 aliphatic rings. The highest BCUT2D eigenvalue weighted by atomic mass is 32.2. The van der Waals surface area contributed by atoms with Crippen molar-refractivity contribution in [3.05, 3.63) is 23.8 Å². The van der Waals surface area contributed by atoms with Crippen LogP contribution in [0.1, 0.15) is 19.4 Å². The lowest BCUT2D eigenvalue weighted by Gasteiger charge is -2.22. The monoisotopic (exact) mass is 255 g/mol. The van der Waals surface area contributed by atoms with Crippen LogP contribution >= 0.6 is 11.8 Å². The molecule has 0 radical (unpaired) electrons. The highest BCUT2D eigenvalue weighted by Gasteiger charge is 2.15. The first-order valence-corrected chi connectivity index (χ1v) is 6.83. The second kappa shape index (κ2) is 6.17. The highest BCUT2D eigenvalue weighted by Crippen LogP contribution is 2.24. The zero-order valence-corrected chi connectivity index (χ0v) is 11.7. The molecule has 96 valence electrons. The summed E-state index contributed by atoms with van der Waals surface area (Å²) in [7, 11) is 1.59. The van der Waals surface area contributed by atoms with E-state index in [2.05, 4.69) is 25.4 Å². The predicted molar refractivity (Wildman–Crippen MR) is 74.0 cm³/mol. The van der Waals surface area contributed by atoms with E-state index in [1.807, 2.05) is 23.9 Å². The molecule has 1 aromatic carbocycles. The summed E-state index contributed by atoms with van der Waals surface area (Å²) in [5, 5.41) is 13.1. The molecule has 0 fully saturated rings. The maximum absolute atomic E-state index is 9.78. The van der Waals surface area contributed by atoms with Crippen LogP contribution in [-0.4, -0.2) is 29.8 Å². The Bertz CT molecular complexity index is 366. The zero-order valence-electron chi connectivity index (χ0n) is 10.9. The second-order valence-electron chi connectivity index (χ2n) is 4.56. The number of hydrogen-bond donors (Lipinski definition) is 2. The van der Waals surface area contributed by atoms with Crippen LogP contribution < -0.4 is 10.1 Å². The first kappa shape index (κ1) is 14.2. The number of aromatic hydroxyl groups is 1. The van der Waals surface area contributed by atoms with E-state index in [9.17, 15) is 5.11 Å². The Hall–Kier alpha value is -0.870. The van der Waals surface area contributed by atoms with Gasteiger partial charge in [0.15, 0.2) is 0 Å². The van der Waals surface area contributed by atoms with Gasteiger partial charge in [0.25, 0.3) is 0 Å². The summed E-state index contributed by atoms with van der Waals surface area (Å²) < 4.78 is 5.25. The third-order valence-corrected chi connectivity index (χ3v) is 3.96. The molecule has 0 amide bonds. The fourth-order valence-corrected chi connectivity index (χ4v) is 1.64. The van der Waals surface area contributed by atoms with Crippen molar-refractivity contribution in [2.24, 2.45) is 0 Å². The normalized spacial score (nSPS) is 11.5. The summed E-state index contributed by atoms with van der Waals surface area (Å²) in [5.74, 6) is 0.953. The van der Waals surface area contributed by atoms with Gasteiger partial charge in [0.05, 0.1) is 7.11 Å². The van der Waals surface area contributed by atoms with Crippen LogP contribution in [-0.2, 0) is 6.54 Å². The molecule has 1 aromatic rings. The first-order valence-electron chi connectivity index (χ1n) is 5.60. The lowest BCUT2D eigenvalue weighted by Crippen LogP contribution is -2.31. The van der Waals surface area contributed by atoms with E-state index in [0.29, 0.717) is 12.3 Å². The minimum absolute atomic E-state index is 0.210. The van der Waals surface area contributed by atoms with E-state index < -0.39 is 0 Å². The fourth-order valence-electron chi connectivity index (χ4n) is 1.39. The molecule has 17 heavy (non-hydrogen) atoms. The number of hydrogen-bond acceptors (Lipinski definition) is 4. The molecule has 2 N–H and O–H groups in total. The van der Waals surface area contributed by atoms with Crippen LogP contribution in [0.15, 0.2) is 18.2 Å². The van der Waals surface area contributed by atoms with Crippen molar-refractivity contribution < 1.29 is 9.84 Å². The summed E-state index contributed by atoms with van der Waals surface area (Å²) in [6.45, 7) is 5.95. The number of benzene rings is 1. The van der Waals surface area contributed by atoms with E-state index in [4.69, 9.17) is 4.74 Å². The molecular formula is C13H21NO2S. The Labute approximate surface area is 108 Å². The number of nitrogens with one attached hydrogen (secondary N) is 1. The maximum Gasteiger partial charge on any atom is 0.123 e. The van der Waals surface area contributed by atoms with E-state index >= 15 is 0 Å². The van der Waals surface area contributed by atoms with Crippen molar-refractivity contribution in [3.8, 4) is 11.5 Å². The van der Waals surface area contributed by atoms with Gasteiger partial charge in [-0.25, -0.2) is 0 Å². The smallest absolute Gasteiger partial charge is 0.123 e. The molecule has 3 nitrogen and oxygen atoms in total. The molecule has 0 saturated heterocycles. The molecule has 0 aliphatic carbocycles. The standard InChI is InChI=1S/C13H21NO2S/c1-13(2,17-4)9-14-8-10-5-6-11(16-3)7-12(10)15/h5-7,14-15H,8-9H2,1-4H3. The molecule has 0 unspecified atom stereocenters. The quantitative estimate of drug-likeness (QED) is 0.820. The average molecular weight is 255 g/mol. The van der Waals surface area contributed by atoms with Gasteiger partial charge in [0, 0.05) is 29.5 Å². The van der Waals surface area contributed by atoms with Crippen LogP contribution in [0.2, 0.25) is 0 Å². The van der Waals surface area contributed by atoms with Crippen LogP contribution in [0.25, 0.3) is 0 Å². The molecular weight excluding hydrogens is 234 g/mol. The van der Waals surface area contributed by atoms with Gasteiger partial charge in [-0.2, -0.15) is 11.8 Å². The van der Waals surface area contributed by atoms with Crippen molar-refractivity contribution in [3.63, 3.8) is 0 Å². The lowest BCUT2D eigenvalue weighted by molar-refractivity contribution is 0.405. The van der Waals surface area contributed by atoms with Gasteiger partial charge in [-0.05, 0) is 26.2 Å². The Morgan fingerprint density at radius 2 is 2.12 bits per heavy atom. The minimum atomic E-state index is 0.210. The van der Waals surface area contributed by atoms with Crippen molar-refractivity contribution >= 4 is 11.8 Å². The summed E-state index contributed by atoms with van der Waals surface area (Å²) in [5.41, 5.74) is 0.891. The number of ether oxygens (including phenoxy) is 1. The number of thioether (sulfide) groups is 1. The molecule has 4 heteroatoms. The Balaban J connectivity index is 2.52. The van der Waals surface area contributed by atoms with Crippen molar-refractivity contribution in [2.45, 2.75) is 25.1 Å². The maximum atomic E-state index is 9.78. The Morgan fingerprint density at radius 1 is 1.41 bits per heavy atom. The summed E-state index contributed by atoms with van der Waals surface area (Å²) >= 11 is 1.83. The minimum Gasteiger partial charge on any atom is -0.507 e. The van der Waals surface area contributed by atoms with Crippen LogP contribution in [0.4, 0.5) is 0 Å². The average Bonchev–Trinajstić information content (AvgIpc) is 2.31. The second-order valence-corrected chi connectivity index (χ2v) is 6.08.